The first-order valence-electron chi connectivity index (χ1n) is 7.25. The molecular formula is C14H27NO2. The molecule has 3 nitrogen and oxygen atoms in total. The topological polar surface area (TPSA) is 30.5 Å². The van der Waals surface area contributed by atoms with Crippen molar-refractivity contribution in [3.05, 3.63) is 0 Å². The van der Waals surface area contributed by atoms with Crippen LogP contribution in [0.15, 0.2) is 0 Å². The highest BCUT2D eigenvalue weighted by Crippen LogP contribution is 2.37. The zero-order valence-electron chi connectivity index (χ0n) is 11.3. The molecule has 3 heteroatoms. The summed E-state index contributed by atoms with van der Waals surface area (Å²) in [6.07, 6.45) is 8.49. The first kappa shape index (κ1) is 13.3. The lowest BCUT2D eigenvalue weighted by Gasteiger charge is -2.27. The summed E-state index contributed by atoms with van der Waals surface area (Å²) in [6.45, 7) is 3.90. The molecule has 0 aromatic rings. The van der Waals surface area contributed by atoms with Gasteiger partial charge in [-0.2, -0.15) is 0 Å². The monoisotopic (exact) mass is 241 g/mol. The fourth-order valence-electron chi connectivity index (χ4n) is 2.91. The van der Waals surface area contributed by atoms with Gasteiger partial charge in [-0.1, -0.05) is 0 Å². The van der Waals surface area contributed by atoms with Crippen molar-refractivity contribution < 1.29 is 9.47 Å². The lowest BCUT2D eigenvalue weighted by molar-refractivity contribution is 0.0134. The molecule has 3 atom stereocenters. The molecule has 17 heavy (non-hydrogen) atoms. The van der Waals surface area contributed by atoms with E-state index in [1.165, 1.54) is 38.5 Å². The van der Waals surface area contributed by atoms with E-state index in [0.717, 1.165) is 19.1 Å². The summed E-state index contributed by atoms with van der Waals surface area (Å²) in [5.74, 6) is 0.803. The molecule has 1 aliphatic carbocycles. The Morgan fingerprint density at radius 1 is 1.35 bits per heavy atom. The highest BCUT2D eigenvalue weighted by molar-refractivity contribution is 4.90. The zero-order valence-corrected chi connectivity index (χ0v) is 11.3. The van der Waals surface area contributed by atoms with Gasteiger partial charge in [-0.15, -0.1) is 0 Å². The third-order valence-corrected chi connectivity index (χ3v) is 4.04. The second kappa shape index (κ2) is 6.72. The minimum Gasteiger partial charge on any atom is -0.378 e. The van der Waals surface area contributed by atoms with Crippen molar-refractivity contribution in [1.82, 2.24) is 5.32 Å². The molecule has 2 rings (SSSR count). The maximum Gasteiger partial charge on any atom is 0.0755 e. The van der Waals surface area contributed by atoms with Crippen LogP contribution in [-0.2, 0) is 9.47 Å². The van der Waals surface area contributed by atoms with Crippen molar-refractivity contribution >= 4 is 0 Å². The van der Waals surface area contributed by atoms with Crippen molar-refractivity contribution in [1.29, 1.82) is 0 Å². The molecule has 1 saturated carbocycles. The fourth-order valence-corrected chi connectivity index (χ4v) is 2.91. The van der Waals surface area contributed by atoms with E-state index in [9.17, 15) is 0 Å². The van der Waals surface area contributed by atoms with Crippen LogP contribution < -0.4 is 5.32 Å². The molecule has 100 valence electrons. The van der Waals surface area contributed by atoms with Crippen LogP contribution in [0, 0.1) is 5.92 Å². The molecule has 1 saturated heterocycles. The van der Waals surface area contributed by atoms with Crippen molar-refractivity contribution in [2.45, 2.75) is 63.7 Å². The van der Waals surface area contributed by atoms with E-state index in [2.05, 4.69) is 19.3 Å². The predicted molar refractivity (Wildman–Crippen MR) is 69.2 cm³/mol. The van der Waals surface area contributed by atoms with Gasteiger partial charge in [-0.05, 0) is 58.4 Å². The summed E-state index contributed by atoms with van der Waals surface area (Å²) in [6, 6.07) is 0.506. The van der Waals surface area contributed by atoms with E-state index in [-0.39, 0.29) is 0 Å². The molecule has 0 radical (unpaired) electrons. The van der Waals surface area contributed by atoms with Crippen LogP contribution in [0.4, 0.5) is 0 Å². The van der Waals surface area contributed by atoms with Crippen molar-refractivity contribution in [2.24, 2.45) is 5.92 Å². The number of hydrogen-bond acceptors (Lipinski definition) is 3. The minimum absolute atomic E-state index is 0.423. The molecule has 0 bridgehead atoms. The van der Waals surface area contributed by atoms with Gasteiger partial charge in [0.25, 0.3) is 0 Å². The third kappa shape index (κ3) is 3.94. The van der Waals surface area contributed by atoms with Gasteiger partial charge in [-0.25, -0.2) is 0 Å². The lowest BCUT2D eigenvalue weighted by Crippen LogP contribution is -2.41. The lowest BCUT2D eigenvalue weighted by atomic mass is 9.98. The number of likely N-dealkylation sites (N-methyl/N-ethyl adjacent to an activating group) is 1. The van der Waals surface area contributed by atoms with Crippen LogP contribution >= 0.6 is 0 Å². The van der Waals surface area contributed by atoms with Gasteiger partial charge < -0.3 is 14.8 Å². The van der Waals surface area contributed by atoms with Crippen LogP contribution in [0.1, 0.15) is 45.4 Å². The summed E-state index contributed by atoms with van der Waals surface area (Å²) < 4.78 is 11.6. The molecular weight excluding hydrogens is 214 g/mol. The van der Waals surface area contributed by atoms with E-state index in [4.69, 9.17) is 9.47 Å². The maximum absolute atomic E-state index is 5.93. The standard InChI is InChI=1S/C14H27NO2/c1-3-16-14(11-6-7-11)13(15-2)9-8-12-5-4-10-17-12/h11-15H,3-10H2,1-2H3. The Balaban J connectivity index is 1.76. The molecule has 0 spiro atoms. The molecule has 2 aliphatic rings. The SMILES string of the molecule is CCOC(C1CC1)C(CCC1CCCO1)NC. The van der Waals surface area contributed by atoms with E-state index in [1.807, 2.05) is 0 Å². The van der Waals surface area contributed by atoms with Crippen molar-refractivity contribution in [2.75, 3.05) is 20.3 Å². The first-order chi connectivity index (χ1) is 8.35. The third-order valence-electron chi connectivity index (χ3n) is 4.04. The van der Waals surface area contributed by atoms with Crippen LogP contribution in [0.2, 0.25) is 0 Å². The predicted octanol–water partition coefficient (Wildman–Crippen LogP) is 2.35. The van der Waals surface area contributed by atoms with Gasteiger partial charge in [0.2, 0.25) is 0 Å². The molecule has 1 aliphatic heterocycles. The number of hydrogen-bond donors (Lipinski definition) is 1. The quantitative estimate of drug-likeness (QED) is 0.707. The summed E-state index contributed by atoms with van der Waals surface area (Å²) in [5.41, 5.74) is 0. The summed E-state index contributed by atoms with van der Waals surface area (Å²) in [7, 11) is 2.06. The minimum atomic E-state index is 0.423. The zero-order chi connectivity index (χ0) is 12.1. The molecule has 2 fully saturated rings. The summed E-state index contributed by atoms with van der Waals surface area (Å²) in [4.78, 5) is 0. The van der Waals surface area contributed by atoms with Crippen molar-refractivity contribution in [3.63, 3.8) is 0 Å². The average molecular weight is 241 g/mol. The van der Waals surface area contributed by atoms with Gasteiger partial charge in [0.05, 0.1) is 12.2 Å². The second-order valence-corrected chi connectivity index (χ2v) is 5.36. The highest BCUT2D eigenvalue weighted by atomic mass is 16.5. The van der Waals surface area contributed by atoms with Crippen LogP contribution in [0.25, 0.3) is 0 Å². The van der Waals surface area contributed by atoms with Crippen LogP contribution in [-0.4, -0.2) is 38.5 Å². The Morgan fingerprint density at radius 3 is 2.71 bits per heavy atom. The summed E-state index contributed by atoms with van der Waals surface area (Å²) >= 11 is 0. The number of nitrogens with one attached hydrogen (secondary N) is 1. The summed E-state index contributed by atoms with van der Waals surface area (Å²) in [5, 5.41) is 3.45. The Kier molecular flexibility index (Phi) is 5.26. The number of rotatable bonds is 8. The van der Waals surface area contributed by atoms with Gasteiger partial charge in [0, 0.05) is 19.3 Å². The van der Waals surface area contributed by atoms with Crippen LogP contribution in [0.3, 0.4) is 0 Å². The van der Waals surface area contributed by atoms with Gasteiger partial charge in [0.1, 0.15) is 0 Å². The fraction of sp³-hybridized carbons (Fsp3) is 1.00. The van der Waals surface area contributed by atoms with E-state index >= 15 is 0 Å². The molecule has 0 amide bonds. The van der Waals surface area contributed by atoms with E-state index < -0.39 is 0 Å². The maximum atomic E-state index is 5.93. The normalized spacial score (nSPS) is 28.2. The Hall–Kier alpha value is -0.120. The molecule has 3 unspecified atom stereocenters. The van der Waals surface area contributed by atoms with Gasteiger partial charge in [0.15, 0.2) is 0 Å². The highest BCUT2D eigenvalue weighted by Gasteiger charge is 2.36. The van der Waals surface area contributed by atoms with Gasteiger partial charge >= 0.3 is 0 Å². The Bertz CT molecular complexity index is 212. The first-order valence-corrected chi connectivity index (χ1v) is 7.25. The van der Waals surface area contributed by atoms with E-state index in [1.54, 1.807) is 0 Å². The van der Waals surface area contributed by atoms with Gasteiger partial charge in [-0.3, -0.25) is 0 Å². The molecule has 0 aromatic heterocycles. The van der Waals surface area contributed by atoms with Crippen LogP contribution in [0.5, 0.6) is 0 Å². The smallest absolute Gasteiger partial charge is 0.0755 e. The molecule has 1 heterocycles. The average Bonchev–Trinajstić information content (AvgIpc) is 3.05. The number of ether oxygens (including phenoxy) is 2. The Morgan fingerprint density at radius 2 is 2.18 bits per heavy atom. The second-order valence-electron chi connectivity index (χ2n) is 5.36. The Labute approximate surface area is 105 Å². The molecule has 0 aromatic carbocycles. The van der Waals surface area contributed by atoms with Crippen molar-refractivity contribution in [3.8, 4) is 0 Å². The molecule has 1 N–H and O–H groups in total. The van der Waals surface area contributed by atoms with E-state index in [0.29, 0.717) is 18.2 Å². The largest absolute Gasteiger partial charge is 0.378 e.